The first-order valence-corrected chi connectivity index (χ1v) is 11.0. The van der Waals surface area contributed by atoms with Gasteiger partial charge in [-0.2, -0.15) is 0 Å². The predicted molar refractivity (Wildman–Crippen MR) is 108 cm³/mol. The normalized spacial score (nSPS) is 23.8. The number of amides is 2. The molecule has 3 aliphatic rings. The summed E-state index contributed by atoms with van der Waals surface area (Å²) in [5.74, 6) is 1.65. The zero-order valence-corrected chi connectivity index (χ0v) is 17.1. The van der Waals surface area contributed by atoms with E-state index in [0.717, 1.165) is 17.9 Å². The van der Waals surface area contributed by atoms with Gasteiger partial charge in [-0.1, -0.05) is 30.9 Å². The molecule has 1 aliphatic carbocycles. The van der Waals surface area contributed by atoms with E-state index in [1.807, 2.05) is 28.0 Å². The lowest BCUT2D eigenvalue weighted by Gasteiger charge is -2.37. The van der Waals surface area contributed by atoms with E-state index in [1.165, 1.54) is 32.1 Å². The second-order valence-corrected chi connectivity index (χ2v) is 8.84. The van der Waals surface area contributed by atoms with Crippen molar-refractivity contribution in [2.24, 2.45) is 11.8 Å². The topological polar surface area (TPSA) is 49.9 Å². The minimum Gasteiger partial charge on any atom is -0.491 e. The Morgan fingerprint density at radius 2 is 2.00 bits per heavy atom. The Morgan fingerprint density at radius 1 is 1.18 bits per heavy atom. The molecule has 0 spiro atoms. The van der Waals surface area contributed by atoms with Crippen LogP contribution in [0.4, 0.5) is 0 Å². The van der Waals surface area contributed by atoms with Gasteiger partial charge in [-0.25, -0.2) is 0 Å². The number of carbonyl (C=O) groups is 2. The molecule has 0 N–H and O–H groups in total. The molecule has 152 valence electrons. The van der Waals surface area contributed by atoms with Crippen molar-refractivity contribution in [1.29, 1.82) is 0 Å². The molecule has 1 saturated heterocycles. The standard InChI is InChI=1S/C22H29ClN2O3/c23-19-7-8-20-18(12-19)15-24(10-11-28-20)22(27)17-6-9-21(26)25(14-17)13-16-4-2-1-3-5-16/h7-8,12,16-17H,1-6,9-11,13-15H2/t17-/m1/s1. The van der Waals surface area contributed by atoms with Crippen LogP contribution in [0, 0.1) is 11.8 Å². The van der Waals surface area contributed by atoms with Gasteiger partial charge in [0.1, 0.15) is 12.4 Å². The van der Waals surface area contributed by atoms with E-state index < -0.39 is 0 Å². The summed E-state index contributed by atoms with van der Waals surface area (Å²) in [4.78, 5) is 29.5. The van der Waals surface area contributed by atoms with Gasteiger partial charge in [0, 0.05) is 36.6 Å². The molecule has 2 amide bonds. The Hall–Kier alpha value is -1.75. The minimum absolute atomic E-state index is 0.109. The number of carbonyl (C=O) groups excluding carboxylic acids is 2. The summed E-state index contributed by atoms with van der Waals surface area (Å²) in [5.41, 5.74) is 0.948. The van der Waals surface area contributed by atoms with Gasteiger partial charge in [0.05, 0.1) is 12.5 Å². The Labute approximate surface area is 172 Å². The largest absolute Gasteiger partial charge is 0.491 e. The molecule has 5 nitrogen and oxygen atoms in total. The van der Waals surface area contributed by atoms with E-state index in [2.05, 4.69) is 0 Å². The molecular formula is C22H29ClN2O3. The minimum atomic E-state index is -0.109. The molecule has 2 fully saturated rings. The molecule has 0 radical (unpaired) electrons. The molecule has 6 heteroatoms. The van der Waals surface area contributed by atoms with Crippen LogP contribution in [0.1, 0.15) is 50.5 Å². The Balaban J connectivity index is 1.41. The monoisotopic (exact) mass is 404 g/mol. The first-order valence-electron chi connectivity index (χ1n) is 10.6. The number of ether oxygens (including phenoxy) is 1. The highest BCUT2D eigenvalue weighted by atomic mass is 35.5. The molecule has 2 heterocycles. The van der Waals surface area contributed by atoms with Gasteiger partial charge in [0.15, 0.2) is 0 Å². The summed E-state index contributed by atoms with van der Waals surface area (Å²) in [6, 6.07) is 5.56. The Kier molecular flexibility index (Phi) is 6.10. The highest BCUT2D eigenvalue weighted by Crippen LogP contribution is 2.30. The average Bonchev–Trinajstić information content (AvgIpc) is 2.92. The van der Waals surface area contributed by atoms with E-state index in [-0.39, 0.29) is 17.7 Å². The third-order valence-corrected chi connectivity index (χ3v) is 6.60. The fourth-order valence-corrected chi connectivity index (χ4v) is 4.98. The zero-order chi connectivity index (χ0) is 19.5. The lowest BCUT2D eigenvalue weighted by Crippen LogP contribution is -2.48. The third kappa shape index (κ3) is 4.45. The van der Waals surface area contributed by atoms with Crippen molar-refractivity contribution in [3.8, 4) is 5.75 Å². The van der Waals surface area contributed by atoms with Crippen LogP contribution in [0.25, 0.3) is 0 Å². The van der Waals surface area contributed by atoms with E-state index in [9.17, 15) is 9.59 Å². The summed E-state index contributed by atoms with van der Waals surface area (Å²) in [6.07, 6.45) is 7.41. The number of rotatable bonds is 3. The first-order chi connectivity index (χ1) is 13.6. The van der Waals surface area contributed by atoms with Crippen LogP contribution in [0.3, 0.4) is 0 Å². The van der Waals surface area contributed by atoms with Crippen molar-refractivity contribution >= 4 is 23.4 Å². The molecule has 1 atom stereocenters. The van der Waals surface area contributed by atoms with Crippen molar-refractivity contribution < 1.29 is 14.3 Å². The van der Waals surface area contributed by atoms with E-state index in [1.54, 1.807) is 0 Å². The van der Waals surface area contributed by atoms with Gasteiger partial charge in [0.25, 0.3) is 0 Å². The summed E-state index contributed by atoms with van der Waals surface area (Å²) in [6.45, 7) is 2.95. The van der Waals surface area contributed by atoms with Crippen molar-refractivity contribution in [2.45, 2.75) is 51.5 Å². The molecule has 28 heavy (non-hydrogen) atoms. The number of hydrogen-bond donors (Lipinski definition) is 0. The number of hydrogen-bond acceptors (Lipinski definition) is 3. The molecule has 1 aromatic rings. The fourth-order valence-electron chi connectivity index (χ4n) is 4.78. The zero-order valence-electron chi connectivity index (χ0n) is 16.4. The molecule has 1 aromatic carbocycles. The molecule has 4 rings (SSSR count). The highest BCUT2D eigenvalue weighted by Gasteiger charge is 2.34. The van der Waals surface area contributed by atoms with E-state index in [4.69, 9.17) is 16.3 Å². The number of benzene rings is 1. The molecule has 0 aromatic heterocycles. The van der Waals surface area contributed by atoms with Crippen molar-refractivity contribution in [3.63, 3.8) is 0 Å². The summed E-state index contributed by atoms with van der Waals surface area (Å²) in [5, 5.41) is 0.651. The van der Waals surface area contributed by atoms with Crippen molar-refractivity contribution in [1.82, 2.24) is 9.80 Å². The van der Waals surface area contributed by atoms with Crippen LogP contribution in [0.5, 0.6) is 5.75 Å². The predicted octanol–water partition coefficient (Wildman–Crippen LogP) is 3.88. The molecule has 1 saturated carbocycles. The number of nitrogens with zero attached hydrogens (tertiary/aromatic N) is 2. The van der Waals surface area contributed by atoms with Crippen LogP contribution in [-0.2, 0) is 16.1 Å². The second-order valence-electron chi connectivity index (χ2n) is 8.40. The van der Waals surface area contributed by atoms with E-state index in [0.29, 0.717) is 50.0 Å². The molecule has 2 aliphatic heterocycles. The first kappa shape index (κ1) is 19.6. The van der Waals surface area contributed by atoms with Gasteiger partial charge in [-0.3, -0.25) is 9.59 Å². The van der Waals surface area contributed by atoms with Crippen molar-refractivity contribution in [2.75, 3.05) is 26.2 Å². The van der Waals surface area contributed by atoms with Gasteiger partial charge < -0.3 is 14.5 Å². The second kappa shape index (κ2) is 8.73. The lowest BCUT2D eigenvalue weighted by molar-refractivity contribution is -0.144. The molecule has 0 unspecified atom stereocenters. The number of likely N-dealkylation sites (tertiary alicyclic amines) is 1. The number of fused-ring (bicyclic) bond motifs is 1. The fraction of sp³-hybridized carbons (Fsp3) is 0.636. The maximum atomic E-state index is 13.2. The van der Waals surface area contributed by atoms with Crippen LogP contribution >= 0.6 is 11.6 Å². The average molecular weight is 405 g/mol. The highest BCUT2D eigenvalue weighted by molar-refractivity contribution is 6.30. The van der Waals surface area contributed by atoms with Gasteiger partial charge >= 0.3 is 0 Å². The van der Waals surface area contributed by atoms with Crippen molar-refractivity contribution in [3.05, 3.63) is 28.8 Å². The summed E-state index contributed by atoms with van der Waals surface area (Å²) in [7, 11) is 0. The molecule has 0 bridgehead atoms. The lowest BCUT2D eigenvalue weighted by atomic mass is 9.87. The van der Waals surface area contributed by atoms with Gasteiger partial charge in [0.2, 0.25) is 11.8 Å². The number of halogens is 1. The SMILES string of the molecule is O=C1CC[C@@H](C(=O)N2CCOc3ccc(Cl)cc3C2)CN1CC1CCCCC1. The maximum Gasteiger partial charge on any atom is 0.227 e. The van der Waals surface area contributed by atoms with Crippen LogP contribution in [0.2, 0.25) is 5.02 Å². The maximum absolute atomic E-state index is 13.2. The van der Waals surface area contributed by atoms with Gasteiger partial charge in [-0.05, 0) is 43.4 Å². The van der Waals surface area contributed by atoms with Crippen LogP contribution in [0.15, 0.2) is 18.2 Å². The van der Waals surface area contributed by atoms with E-state index >= 15 is 0 Å². The van der Waals surface area contributed by atoms with Gasteiger partial charge in [-0.15, -0.1) is 0 Å². The summed E-state index contributed by atoms with van der Waals surface area (Å²) < 4.78 is 5.79. The molecular weight excluding hydrogens is 376 g/mol. The van der Waals surface area contributed by atoms with Crippen LogP contribution < -0.4 is 4.74 Å². The Morgan fingerprint density at radius 3 is 2.82 bits per heavy atom. The third-order valence-electron chi connectivity index (χ3n) is 6.37. The Bertz CT molecular complexity index is 732. The number of piperidine rings is 1. The summed E-state index contributed by atoms with van der Waals surface area (Å²) >= 11 is 6.13. The smallest absolute Gasteiger partial charge is 0.227 e. The quantitative estimate of drug-likeness (QED) is 0.768. The van der Waals surface area contributed by atoms with Crippen LogP contribution in [-0.4, -0.2) is 47.9 Å².